The number of anilines is 2. The molecule has 198 valence electrons. The Kier molecular flexibility index (Phi) is 8.12. The summed E-state index contributed by atoms with van der Waals surface area (Å²) in [6, 6.07) is 12.2. The van der Waals surface area contributed by atoms with Crippen LogP contribution >= 0.6 is 0 Å². The number of hydrogen-bond donors (Lipinski definition) is 1. The molecular formula is C30H36N6O2. The first-order valence-electron chi connectivity index (χ1n) is 12.6. The van der Waals surface area contributed by atoms with Crippen LogP contribution < -0.4 is 15.0 Å². The smallest absolute Gasteiger partial charge is 0.247 e. The molecule has 0 atom stereocenters. The SMILES string of the molecule is C=CC(=O)Nc1cc(Cc2nccc(-c3cn(C)c4cccc(C)c34)n2)c(OC)cc1N(C)CCN(C)C. The van der Waals surface area contributed by atoms with Crippen LogP contribution in [0.25, 0.3) is 22.2 Å². The Balaban J connectivity index is 1.73. The van der Waals surface area contributed by atoms with Gasteiger partial charge in [0.05, 0.1) is 24.2 Å². The number of benzene rings is 2. The number of amides is 1. The van der Waals surface area contributed by atoms with Crippen molar-refractivity contribution in [3.8, 4) is 17.0 Å². The molecule has 2 aromatic carbocycles. The molecule has 4 aromatic rings. The van der Waals surface area contributed by atoms with Crippen molar-refractivity contribution in [2.24, 2.45) is 7.05 Å². The lowest BCUT2D eigenvalue weighted by molar-refractivity contribution is -0.111. The molecule has 0 saturated heterocycles. The van der Waals surface area contributed by atoms with E-state index in [0.717, 1.165) is 35.6 Å². The fourth-order valence-corrected chi connectivity index (χ4v) is 4.64. The van der Waals surface area contributed by atoms with Crippen molar-refractivity contribution < 1.29 is 9.53 Å². The molecule has 1 N–H and O–H groups in total. The second-order valence-corrected chi connectivity index (χ2v) is 9.76. The van der Waals surface area contributed by atoms with Crippen molar-refractivity contribution in [3.05, 3.63) is 78.4 Å². The van der Waals surface area contributed by atoms with Gasteiger partial charge in [0.2, 0.25) is 5.91 Å². The molecule has 0 unspecified atom stereocenters. The lowest BCUT2D eigenvalue weighted by Crippen LogP contribution is -2.29. The van der Waals surface area contributed by atoms with Gasteiger partial charge in [-0.3, -0.25) is 4.79 Å². The van der Waals surface area contributed by atoms with Crippen LogP contribution in [0.5, 0.6) is 5.75 Å². The summed E-state index contributed by atoms with van der Waals surface area (Å²) in [6.07, 6.45) is 5.63. The molecule has 0 saturated carbocycles. The van der Waals surface area contributed by atoms with E-state index in [2.05, 4.69) is 69.6 Å². The number of aryl methyl sites for hydroxylation is 2. The molecule has 0 fully saturated rings. The zero-order valence-electron chi connectivity index (χ0n) is 23.1. The van der Waals surface area contributed by atoms with Gasteiger partial charge < -0.3 is 24.4 Å². The second kappa shape index (κ2) is 11.5. The summed E-state index contributed by atoms with van der Waals surface area (Å²) in [5, 5.41) is 4.15. The van der Waals surface area contributed by atoms with Crippen LogP contribution in [0.4, 0.5) is 11.4 Å². The van der Waals surface area contributed by atoms with Crippen molar-refractivity contribution in [1.82, 2.24) is 19.4 Å². The van der Waals surface area contributed by atoms with Gasteiger partial charge in [-0.25, -0.2) is 9.97 Å². The van der Waals surface area contributed by atoms with E-state index in [1.165, 1.54) is 22.5 Å². The van der Waals surface area contributed by atoms with Crippen LogP contribution in [-0.2, 0) is 18.3 Å². The maximum Gasteiger partial charge on any atom is 0.247 e. The number of nitrogens with one attached hydrogen (secondary N) is 1. The minimum atomic E-state index is -0.270. The summed E-state index contributed by atoms with van der Waals surface area (Å²) in [5.41, 5.74) is 6.75. The van der Waals surface area contributed by atoms with Gasteiger partial charge in [-0.1, -0.05) is 18.7 Å². The summed E-state index contributed by atoms with van der Waals surface area (Å²) in [4.78, 5) is 26.0. The number of rotatable bonds is 10. The summed E-state index contributed by atoms with van der Waals surface area (Å²) >= 11 is 0. The Morgan fingerprint density at radius 3 is 2.68 bits per heavy atom. The molecule has 0 radical (unpaired) electrons. The van der Waals surface area contributed by atoms with E-state index in [0.29, 0.717) is 23.7 Å². The number of aromatic nitrogens is 3. The predicted octanol–water partition coefficient (Wildman–Crippen LogP) is 4.67. The third kappa shape index (κ3) is 5.70. The van der Waals surface area contributed by atoms with E-state index >= 15 is 0 Å². The number of likely N-dealkylation sites (N-methyl/N-ethyl adjacent to an activating group) is 2. The van der Waals surface area contributed by atoms with Crippen molar-refractivity contribution in [2.45, 2.75) is 13.3 Å². The van der Waals surface area contributed by atoms with E-state index < -0.39 is 0 Å². The number of carbonyl (C=O) groups excluding carboxylic acids is 1. The van der Waals surface area contributed by atoms with Crippen LogP contribution in [0.3, 0.4) is 0 Å². The average molecular weight is 513 g/mol. The predicted molar refractivity (Wildman–Crippen MR) is 155 cm³/mol. The number of ether oxygens (including phenoxy) is 1. The highest BCUT2D eigenvalue weighted by Gasteiger charge is 2.18. The molecule has 38 heavy (non-hydrogen) atoms. The Bertz CT molecular complexity index is 1470. The average Bonchev–Trinajstić information content (AvgIpc) is 3.25. The summed E-state index contributed by atoms with van der Waals surface area (Å²) in [7, 11) is 9.77. The van der Waals surface area contributed by atoms with E-state index in [9.17, 15) is 4.79 Å². The quantitative estimate of drug-likeness (QED) is 0.312. The monoisotopic (exact) mass is 512 g/mol. The minimum absolute atomic E-state index is 0.270. The lowest BCUT2D eigenvalue weighted by Gasteiger charge is -2.25. The van der Waals surface area contributed by atoms with Gasteiger partial charge in [0.1, 0.15) is 11.6 Å². The number of methoxy groups -OCH3 is 1. The number of fused-ring (bicyclic) bond motifs is 1. The third-order valence-electron chi connectivity index (χ3n) is 6.69. The first-order chi connectivity index (χ1) is 18.2. The molecule has 0 aliphatic heterocycles. The fourth-order valence-electron chi connectivity index (χ4n) is 4.64. The first kappa shape index (κ1) is 26.9. The largest absolute Gasteiger partial charge is 0.496 e. The summed E-state index contributed by atoms with van der Waals surface area (Å²) in [5.74, 6) is 1.11. The molecule has 1 amide bonds. The highest BCUT2D eigenvalue weighted by molar-refractivity contribution is 6.01. The molecule has 0 bridgehead atoms. The minimum Gasteiger partial charge on any atom is -0.496 e. The van der Waals surface area contributed by atoms with Crippen LogP contribution in [-0.4, -0.2) is 66.7 Å². The zero-order valence-corrected chi connectivity index (χ0v) is 23.1. The number of nitrogens with zero attached hydrogens (tertiary/aromatic N) is 5. The van der Waals surface area contributed by atoms with Gasteiger partial charge in [-0.2, -0.15) is 0 Å². The molecule has 2 heterocycles. The maximum atomic E-state index is 12.3. The molecular weight excluding hydrogens is 476 g/mol. The van der Waals surface area contributed by atoms with E-state index in [4.69, 9.17) is 9.72 Å². The zero-order chi connectivity index (χ0) is 27.4. The standard InChI is InChI=1S/C30H36N6O2/c1-8-29(37)33-24-16-21(27(38-7)18-26(24)35(5)15-14-34(3)4)17-28-31-13-12-23(32-28)22-19-36(6)25-11-9-10-20(2)30(22)25/h8-13,16,18-19H,1,14-15,17H2,2-7H3,(H,33,37). The Hall–Kier alpha value is -4.17. The van der Waals surface area contributed by atoms with Gasteiger partial charge in [-0.05, 0) is 50.9 Å². The summed E-state index contributed by atoms with van der Waals surface area (Å²) < 4.78 is 7.91. The Morgan fingerprint density at radius 2 is 1.97 bits per heavy atom. The first-order valence-corrected chi connectivity index (χ1v) is 12.6. The molecule has 0 spiro atoms. The molecule has 4 rings (SSSR count). The van der Waals surface area contributed by atoms with Gasteiger partial charge >= 0.3 is 0 Å². The summed E-state index contributed by atoms with van der Waals surface area (Å²) in [6.45, 7) is 7.37. The van der Waals surface area contributed by atoms with E-state index in [1.54, 1.807) is 13.3 Å². The van der Waals surface area contributed by atoms with E-state index in [-0.39, 0.29) is 5.91 Å². The number of hydrogen-bond acceptors (Lipinski definition) is 6. The van der Waals surface area contributed by atoms with Gasteiger partial charge in [0.25, 0.3) is 0 Å². The topological polar surface area (TPSA) is 75.5 Å². The maximum absolute atomic E-state index is 12.3. The molecule has 2 aromatic heterocycles. The van der Waals surface area contributed by atoms with Gasteiger partial charge in [0, 0.05) is 74.1 Å². The third-order valence-corrected chi connectivity index (χ3v) is 6.69. The highest BCUT2D eigenvalue weighted by atomic mass is 16.5. The Labute approximate surface area is 224 Å². The van der Waals surface area contributed by atoms with Crippen LogP contribution in [0.2, 0.25) is 0 Å². The van der Waals surface area contributed by atoms with Crippen LogP contribution in [0.1, 0.15) is 17.0 Å². The van der Waals surface area contributed by atoms with Crippen molar-refractivity contribution >= 4 is 28.2 Å². The number of carbonyl (C=O) groups is 1. The van der Waals surface area contributed by atoms with Crippen LogP contribution in [0.15, 0.2) is 61.4 Å². The Morgan fingerprint density at radius 1 is 1.18 bits per heavy atom. The lowest BCUT2D eigenvalue weighted by atomic mass is 10.0. The van der Waals surface area contributed by atoms with Crippen molar-refractivity contribution in [3.63, 3.8) is 0 Å². The normalized spacial score (nSPS) is 11.1. The van der Waals surface area contributed by atoms with Gasteiger partial charge in [0.15, 0.2) is 0 Å². The van der Waals surface area contributed by atoms with Crippen molar-refractivity contribution in [2.75, 3.05) is 51.6 Å². The van der Waals surface area contributed by atoms with Crippen molar-refractivity contribution in [1.29, 1.82) is 0 Å². The van der Waals surface area contributed by atoms with Crippen LogP contribution in [0, 0.1) is 6.92 Å². The molecule has 8 heteroatoms. The van der Waals surface area contributed by atoms with Gasteiger partial charge in [-0.15, -0.1) is 0 Å². The van der Waals surface area contributed by atoms with E-state index in [1.807, 2.05) is 39.3 Å². The second-order valence-electron chi connectivity index (χ2n) is 9.76. The molecule has 0 aliphatic carbocycles. The molecule has 0 aliphatic rings. The molecule has 8 nitrogen and oxygen atoms in total. The fraction of sp³-hybridized carbons (Fsp3) is 0.300. The highest BCUT2D eigenvalue weighted by Crippen LogP contribution is 2.35.